The maximum atomic E-state index is 11.6. The lowest BCUT2D eigenvalue weighted by molar-refractivity contribution is 0.171. The van der Waals surface area contributed by atoms with Gasteiger partial charge in [0.05, 0.1) is 17.2 Å². The molecular weight excluding hydrogens is 330 g/mol. The van der Waals surface area contributed by atoms with Gasteiger partial charge in [-0.3, -0.25) is 0 Å². The number of ether oxygens (including phenoxy) is 2. The fourth-order valence-corrected chi connectivity index (χ4v) is 4.77. The maximum Gasteiger partial charge on any atom is 0.163 e. The fourth-order valence-electron chi connectivity index (χ4n) is 3.19. The van der Waals surface area contributed by atoms with Crippen LogP contribution in [0.5, 0.6) is 11.5 Å². The zero-order valence-corrected chi connectivity index (χ0v) is 14.0. The van der Waals surface area contributed by atoms with Gasteiger partial charge in [-0.25, -0.2) is 18.1 Å². The molecule has 0 amide bonds. The second kappa shape index (κ2) is 6.08. The number of hydrogen-bond donors (Lipinski definition) is 0. The molecule has 0 atom stereocenters. The Morgan fingerprint density at radius 1 is 1.12 bits per heavy atom. The Balaban J connectivity index is 1.55. The number of aromatic nitrogens is 3. The van der Waals surface area contributed by atoms with E-state index in [-0.39, 0.29) is 11.5 Å². The minimum absolute atomic E-state index is 0.274. The summed E-state index contributed by atoms with van der Waals surface area (Å²) in [6.45, 7) is 1.10. The van der Waals surface area contributed by atoms with Gasteiger partial charge in [0.2, 0.25) is 0 Å². The molecule has 0 spiro atoms. The van der Waals surface area contributed by atoms with E-state index >= 15 is 0 Å². The zero-order chi connectivity index (χ0) is 16.6. The standard InChI is InChI=1S/C16H19N3O4S/c20-24(21)7-3-12(4-8-24)9-16-17-11-18-19(16)13-1-2-14-15(10-13)23-6-5-22-14/h1-2,10-12H,3-9H2. The lowest BCUT2D eigenvalue weighted by atomic mass is 9.98. The number of rotatable bonds is 3. The predicted molar refractivity (Wildman–Crippen MR) is 87.4 cm³/mol. The van der Waals surface area contributed by atoms with Crippen molar-refractivity contribution in [3.05, 3.63) is 30.4 Å². The average Bonchev–Trinajstić information content (AvgIpc) is 3.04. The topological polar surface area (TPSA) is 83.3 Å². The third-order valence-corrected chi connectivity index (χ3v) is 6.25. The van der Waals surface area contributed by atoms with Crippen LogP contribution in [0.25, 0.3) is 5.69 Å². The lowest BCUT2D eigenvalue weighted by Gasteiger charge is -2.22. The summed E-state index contributed by atoms with van der Waals surface area (Å²) in [5, 5.41) is 4.32. The molecule has 24 heavy (non-hydrogen) atoms. The first-order valence-electron chi connectivity index (χ1n) is 8.10. The lowest BCUT2D eigenvalue weighted by Crippen LogP contribution is -2.25. The molecule has 0 saturated carbocycles. The summed E-state index contributed by atoms with van der Waals surface area (Å²) in [5.74, 6) is 3.17. The number of sulfone groups is 1. The smallest absolute Gasteiger partial charge is 0.163 e. The van der Waals surface area contributed by atoms with Gasteiger partial charge in [-0.1, -0.05) is 0 Å². The van der Waals surface area contributed by atoms with Crippen LogP contribution in [0.4, 0.5) is 0 Å². The van der Waals surface area contributed by atoms with Gasteiger partial charge in [0.25, 0.3) is 0 Å². The molecule has 2 aliphatic rings. The highest BCUT2D eigenvalue weighted by atomic mass is 32.2. The van der Waals surface area contributed by atoms with E-state index in [9.17, 15) is 8.42 Å². The van der Waals surface area contributed by atoms with Gasteiger partial charge < -0.3 is 9.47 Å². The first-order valence-corrected chi connectivity index (χ1v) is 9.92. The Kier molecular flexibility index (Phi) is 3.91. The van der Waals surface area contributed by atoms with E-state index in [1.807, 2.05) is 18.2 Å². The van der Waals surface area contributed by atoms with Crippen molar-refractivity contribution < 1.29 is 17.9 Å². The molecule has 1 saturated heterocycles. The number of benzene rings is 1. The molecule has 0 unspecified atom stereocenters. The van der Waals surface area contributed by atoms with Crippen LogP contribution in [0.15, 0.2) is 24.5 Å². The van der Waals surface area contributed by atoms with Crippen molar-refractivity contribution in [2.45, 2.75) is 19.3 Å². The number of fused-ring (bicyclic) bond motifs is 1. The second-order valence-electron chi connectivity index (χ2n) is 6.22. The maximum absolute atomic E-state index is 11.6. The molecule has 1 aromatic heterocycles. The van der Waals surface area contributed by atoms with Crippen LogP contribution in [0.1, 0.15) is 18.7 Å². The first-order chi connectivity index (χ1) is 11.6. The number of hydrogen-bond acceptors (Lipinski definition) is 6. The Morgan fingerprint density at radius 3 is 2.67 bits per heavy atom. The molecule has 0 radical (unpaired) electrons. The van der Waals surface area contributed by atoms with E-state index in [0.29, 0.717) is 37.7 Å². The SMILES string of the molecule is O=S1(=O)CCC(Cc2ncnn2-c2ccc3c(c2)OCCO3)CC1. The predicted octanol–water partition coefficient (Wildman–Crippen LogP) is 1.41. The molecule has 2 aliphatic heterocycles. The van der Waals surface area contributed by atoms with Crippen LogP contribution in [-0.4, -0.2) is 47.9 Å². The molecule has 0 N–H and O–H groups in total. The summed E-state index contributed by atoms with van der Waals surface area (Å²) in [4.78, 5) is 4.37. The van der Waals surface area contributed by atoms with E-state index in [1.165, 1.54) is 6.33 Å². The highest BCUT2D eigenvalue weighted by molar-refractivity contribution is 7.91. The van der Waals surface area contributed by atoms with Crippen molar-refractivity contribution in [3.8, 4) is 17.2 Å². The summed E-state index contributed by atoms with van der Waals surface area (Å²) < 4.78 is 36.1. The van der Waals surface area contributed by atoms with Crippen molar-refractivity contribution >= 4 is 9.84 Å². The molecule has 1 fully saturated rings. The van der Waals surface area contributed by atoms with E-state index in [4.69, 9.17) is 9.47 Å². The monoisotopic (exact) mass is 349 g/mol. The Morgan fingerprint density at radius 2 is 1.88 bits per heavy atom. The Bertz CT molecular complexity index is 833. The molecule has 1 aromatic carbocycles. The average molecular weight is 349 g/mol. The summed E-state index contributed by atoms with van der Waals surface area (Å²) in [6.07, 6.45) is 3.64. The molecule has 2 aromatic rings. The number of nitrogens with zero attached hydrogens (tertiary/aromatic N) is 3. The van der Waals surface area contributed by atoms with Crippen LogP contribution in [-0.2, 0) is 16.3 Å². The normalized spacial score (nSPS) is 20.0. The molecule has 3 heterocycles. The Hall–Kier alpha value is -2.09. The third kappa shape index (κ3) is 3.10. The molecule has 0 bridgehead atoms. The van der Waals surface area contributed by atoms with Gasteiger partial charge in [0.1, 0.15) is 35.2 Å². The molecule has 0 aliphatic carbocycles. The van der Waals surface area contributed by atoms with Gasteiger partial charge in [-0.05, 0) is 30.9 Å². The molecule has 8 heteroatoms. The highest BCUT2D eigenvalue weighted by Gasteiger charge is 2.25. The first kappa shape index (κ1) is 15.4. The molecular formula is C16H19N3O4S. The summed E-state index contributed by atoms with van der Waals surface area (Å²) in [5.41, 5.74) is 0.871. The van der Waals surface area contributed by atoms with Gasteiger partial charge >= 0.3 is 0 Å². The minimum Gasteiger partial charge on any atom is -0.486 e. The van der Waals surface area contributed by atoms with Crippen molar-refractivity contribution in [2.75, 3.05) is 24.7 Å². The zero-order valence-electron chi connectivity index (χ0n) is 13.2. The van der Waals surface area contributed by atoms with Crippen LogP contribution in [0, 0.1) is 5.92 Å². The van der Waals surface area contributed by atoms with Crippen LogP contribution in [0.3, 0.4) is 0 Å². The van der Waals surface area contributed by atoms with E-state index < -0.39 is 9.84 Å². The van der Waals surface area contributed by atoms with Crippen molar-refractivity contribution in [3.63, 3.8) is 0 Å². The largest absolute Gasteiger partial charge is 0.486 e. The quantitative estimate of drug-likeness (QED) is 0.833. The Labute approximate surface area is 140 Å². The van der Waals surface area contributed by atoms with Gasteiger partial charge in [-0.2, -0.15) is 5.10 Å². The highest BCUT2D eigenvalue weighted by Crippen LogP contribution is 2.32. The van der Waals surface area contributed by atoms with E-state index in [1.54, 1.807) is 4.68 Å². The van der Waals surface area contributed by atoms with E-state index in [0.717, 1.165) is 23.7 Å². The third-order valence-electron chi connectivity index (χ3n) is 4.53. The van der Waals surface area contributed by atoms with Gasteiger partial charge in [0, 0.05) is 12.5 Å². The molecule has 7 nitrogen and oxygen atoms in total. The molecule has 128 valence electrons. The van der Waals surface area contributed by atoms with Crippen LogP contribution in [0.2, 0.25) is 0 Å². The summed E-state index contributed by atoms with van der Waals surface area (Å²) in [6, 6.07) is 5.71. The van der Waals surface area contributed by atoms with Crippen LogP contribution < -0.4 is 9.47 Å². The fraction of sp³-hybridized carbons (Fsp3) is 0.500. The second-order valence-corrected chi connectivity index (χ2v) is 8.52. The summed E-state index contributed by atoms with van der Waals surface area (Å²) >= 11 is 0. The minimum atomic E-state index is -2.84. The van der Waals surface area contributed by atoms with E-state index in [2.05, 4.69) is 10.1 Å². The van der Waals surface area contributed by atoms with Crippen molar-refractivity contribution in [1.82, 2.24) is 14.8 Å². The molecule has 4 rings (SSSR count). The van der Waals surface area contributed by atoms with Gasteiger partial charge in [0.15, 0.2) is 11.5 Å². The summed E-state index contributed by atoms with van der Waals surface area (Å²) in [7, 11) is -2.84. The van der Waals surface area contributed by atoms with Crippen LogP contribution >= 0.6 is 0 Å². The van der Waals surface area contributed by atoms with Crippen molar-refractivity contribution in [1.29, 1.82) is 0 Å². The van der Waals surface area contributed by atoms with Crippen molar-refractivity contribution in [2.24, 2.45) is 5.92 Å². The van der Waals surface area contributed by atoms with Gasteiger partial charge in [-0.15, -0.1) is 0 Å².